The topological polar surface area (TPSA) is 78.9 Å². The summed E-state index contributed by atoms with van der Waals surface area (Å²) in [5, 5.41) is 0. The van der Waals surface area contributed by atoms with Crippen molar-refractivity contribution < 1.29 is 28.6 Å². The first-order valence-corrected chi connectivity index (χ1v) is 35.2. The molecule has 0 heterocycles. The lowest BCUT2D eigenvalue weighted by Gasteiger charge is -2.18. The molecule has 6 heteroatoms. The van der Waals surface area contributed by atoms with Crippen LogP contribution in [-0.2, 0) is 28.6 Å². The Kier molecular flexibility index (Phi) is 65.1. The molecule has 0 amide bonds. The monoisotopic (exact) mass is 1090 g/mol. The van der Waals surface area contributed by atoms with E-state index in [4.69, 9.17) is 14.2 Å². The maximum Gasteiger partial charge on any atom is 0.306 e. The summed E-state index contributed by atoms with van der Waals surface area (Å²) in [6.07, 6.45) is 79.6. The van der Waals surface area contributed by atoms with Gasteiger partial charge in [-0.2, -0.15) is 0 Å². The average molecular weight is 1090 g/mol. The van der Waals surface area contributed by atoms with Crippen molar-refractivity contribution in [2.45, 2.75) is 412 Å². The number of carbonyl (C=O) groups is 3. The summed E-state index contributed by atoms with van der Waals surface area (Å²) in [5.41, 5.74) is 0. The Hall–Kier alpha value is -1.85. The fraction of sp³-hybridized carbons (Fsp3) is 0.930. The van der Waals surface area contributed by atoms with E-state index in [2.05, 4.69) is 32.9 Å². The van der Waals surface area contributed by atoms with Crippen LogP contribution >= 0.6 is 0 Å². The van der Waals surface area contributed by atoms with E-state index < -0.39 is 6.10 Å². The molecule has 0 N–H and O–H groups in total. The van der Waals surface area contributed by atoms with Crippen LogP contribution in [0.25, 0.3) is 0 Å². The molecule has 77 heavy (non-hydrogen) atoms. The number of unbranched alkanes of at least 4 members (excludes halogenated alkanes) is 53. The Morgan fingerprint density at radius 2 is 0.429 bits per heavy atom. The Morgan fingerprint density at radius 1 is 0.247 bits per heavy atom. The van der Waals surface area contributed by atoms with E-state index in [0.29, 0.717) is 19.3 Å². The van der Waals surface area contributed by atoms with Crippen LogP contribution in [0.4, 0.5) is 0 Å². The predicted octanol–water partition coefficient (Wildman–Crippen LogP) is 24.0. The molecule has 456 valence electrons. The van der Waals surface area contributed by atoms with E-state index in [1.54, 1.807) is 0 Å². The average Bonchev–Trinajstić information content (AvgIpc) is 3.43. The zero-order valence-corrected chi connectivity index (χ0v) is 52.5. The van der Waals surface area contributed by atoms with Crippen LogP contribution in [0.1, 0.15) is 406 Å². The molecule has 0 radical (unpaired) electrons. The van der Waals surface area contributed by atoms with Gasteiger partial charge in [0.05, 0.1) is 0 Å². The molecule has 0 bridgehead atoms. The molecule has 0 aromatic heterocycles. The Bertz CT molecular complexity index is 1200. The minimum absolute atomic E-state index is 0.0657. The van der Waals surface area contributed by atoms with E-state index in [1.807, 2.05) is 0 Å². The first kappa shape index (κ1) is 75.2. The summed E-state index contributed by atoms with van der Waals surface area (Å²) in [6.45, 7) is 6.71. The third-order valence-corrected chi connectivity index (χ3v) is 16.3. The summed E-state index contributed by atoms with van der Waals surface area (Å²) in [5.74, 6) is -0.841. The van der Waals surface area contributed by atoms with Crippen molar-refractivity contribution in [3.63, 3.8) is 0 Å². The maximum atomic E-state index is 12.9. The lowest BCUT2D eigenvalue weighted by atomic mass is 10.0. The first-order chi connectivity index (χ1) is 38.0. The van der Waals surface area contributed by atoms with Gasteiger partial charge in [0.25, 0.3) is 0 Å². The molecule has 0 saturated carbocycles. The van der Waals surface area contributed by atoms with E-state index in [9.17, 15) is 14.4 Å². The van der Waals surface area contributed by atoms with Crippen LogP contribution in [0.2, 0.25) is 0 Å². The zero-order chi connectivity index (χ0) is 55.7. The van der Waals surface area contributed by atoms with Gasteiger partial charge in [-0.15, -0.1) is 0 Å². The molecule has 0 aromatic rings. The van der Waals surface area contributed by atoms with Gasteiger partial charge in [-0.3, -0.25) is 14.4 Å². The molecule has 1 atom stereocenters. The van der Waals surface area contributed by atoms with Crippen LogP contribution < -0.4 is 0 Å². The predicted molar refractivity (Wildman–Crippen MR) is 335 cm³/mol. The van der Waals surface area contributed by atoms with Gasteiger partial charge < -0.3 is 14.2 Å². The molecule has 0 fully saturated rings. The Balaban J connectivity index is 4.17. The largest absolute Gasteiger partial charge is 0.462 e. The van der Waals surface area contributed by atoms with Crippen molar-refractivity contribution in [2.75, 3.05) is 13.2 Å². The number of ether oxygens (including phenoxy) is 3. The van der Waals surface area contributed by atoms with Crippen LogP contribution in [0.5, 0.6) is 0 Å². The summed E-state index contributed by atoms with van der Waals surface area (Å²) in [7, 11) is 0. The molecule has 0 aliphatic heterocycles. The number of esters is 3. The van der Waals surface area contributed by atoms with Gasteiger partial charge in [-0.05, 0) is 44.9 Å². The molecule has 0 aromatic carbocycles. The molecule has 0 aliphatic rings. The third-order valence-electron chi connectivity index (χ3n) is 16.3. The number of allylic oxidation sites excluding steroid dienone is 2. The van der Waals surface area contributed by atoms with Crippen molar-refractivity contribution in [3.8, 4) is 0 Å². The van der Waals surface area contributed by atoms with Crippen LogP contribution in [-0.4, -0.2) is 37.2 Å². The fourth-order valence-corrected chi connectivity index (χ4v) is 11.0. The van der Waals surface area contributed by atoms with E-state index in [1.165, 1.54) is 302 Å². The summed E-state index contributed by atoms with van der Waals surface area (Å²) >= 11 is 0. The van der Waals surface area contributed by atoms with Gasteiger partial charge in [-0.25, -0.2) is 0 Å². The minimum Gasteiger partial charge on any atom is -0.462 e. The van der Waals surface area contributed by atoms with Crippen molar-refractivity contribution in [2.24, 2.45) is 0 Å². The second-order valence-corrected chi connectivity index (χ2v) is 24.2. The van der Waals surface area contributed by atoms with E-state index >= 15 is 0 Å². The molecular formula is C71H136O6. The van der Waals surface area contributed by atoms with Gasteiger partial charge in [-0.1, -0.05) is 354 Å². The lowest BCUT2D eigenvalue weighted by Crippen LogP contribution is -2.30. The van der Waals surface area contributed by atoms with Crippen molar-refractivity contribution in [3.05, 3.63) is 12.2 Å². The first-order valence-electron chi connectivity index (χ1n) is 35.2. The zero-order valence-electron chi connectivity index (χ0n) is 52.5. The summed E-state index contributed by atoms with van der Waals surface area (Å²) < 4.78 is 17.0. The second-order valence-electron chi connectivity index (χ2n) is 24.2. The quantitative estimate of drug-likeness (QED) is 0.0261. The van der Waals surface area contributed by atoms with E-state index in [-0.39, 0.29) is 31.1 Å². The number of carbonyl (C=O) groups excluding carboxylic acids is 3. The van der Waals surface area contributed by atoms with Crippen LogP contribution in [0.15, 0.2) is 12.2 Å². The minimum atomic E-state index is -0.769. The summed E-state index contributed by atoms with van der Waals surface area (Å²) in [6, 6.07) is 0. The molecule has 0 aliphatic carbocycles. The van der Waals surface area contributed by atoms with Gasteiger partial charge in [0, 0.05) is 19.3 Å². The highest BCUT2D eigenvalue weighted by molar-refractivity contribution is 5.71. The number of hydrogen-bond donors (Lipinski definition) is 0. The summed E-state index contributed by atoms with van der Waals surface area (Å²) in [4.78, 5) is 38.4. The van der Waals surface area contributed by atoms with Crippen molar-refractivity contribution >= 4 is 17.9 Å². The standard InChI is InChI=1S/C71H136O6/c1-4-7-10-13-16-19-22-25-27-29-31-32-33-34-35-36-37-38-40-41-43-46-49-52-55-58-61-64-70(73)76-67-68(66-75-69(72)63-60-57-54-51-48-45-24-21-18-15-12-9-6-3)77-71(74)65-62-59-56-53-50-47-44-42-39-30-28-26-23-20-17-14-11-8-5-2/h21,24,68H,4-20,22-23,25-67H2,1-3H3/b24-21-. The SMILES string of the molecule is CCCCCC/C=C\CCCCCCCC(=O)OCC(COC(=O)CCCCCCCCCCCCCCCCCCCCCCCCCCCCC)OC(=O)CCCCCCCCCCCCCCCCCCCCC. The van der Waals surface area contributed by atoms with Crippen LogP contribution in [0.3, 0.4) is 0 Å². The smallest absolute Gasteiger partial charge is 0.306 e. The molecule has 0 rings (SSSR count). The molecule has 6 nitrogen and oxygen atoms in total. The van der Waals surface area contributed by atoms with Gasteiger partial charge in [0.15, 0.2) is 6.10 Å². The van der Waals surface area contributed by atoms with Crippen molar-refractivity contribution in [1.29, 1.82) is 0 Å². The highest BCUT2D eigenvalue weighted by atomic mass is 16.6. The lowest BCUT2D eigenvalue weighted by molar-refractivity contribution is -0.167. The Labute approximate surface area is 481 Å². The maximum absolute atomic E-state index is 12.9. The third kappa shape index (κ3) is 64.9. The van der Waals surface area contributed by atoms with Gasteiger partial charge in [0.2, 0.25) is 0 Å². The number of hydrogen-bond acceptors (Lipinski definition) is 6. The normalized spacial score (nSPS) is 12.0. The Morgan fingerprint density at radius 3 is 0.662 bits per heavy atom. The van der Waals surface area contributed by atoms with Crippen molar-refractivity contribution in [1.82, 2.24) is 0 Å². The fourth-order valence-electron chi connectivity index (χ4n) is 11.0. The van der Waals surface area contributed by atoms with Gasteiger partial charge in [0.1, 0.15) is 13.2 Å². The highest BCUT2D eigenvalue weighted by Gasteiger charge is 2.19. The highest BCUT2D eigenvalue weighted by Crippen LogP contribution is 2.19. The molecule has 0 spiro atoms. The van der Waals surface area contributed by atoms with Gasteiger partial charge >= 0.3 is 17.9 Å². The van der Waals surface area contributed by atoms with Crippen LogP contribution in [0, 0.1) is 0 Å². The second kappa shape index (κ2) is 66.7. The molecule has 0 saturated heterocycles. The number of rotatable bonds is 66. The molecular weight excluding hydrogens is 949 g/mol. The van der Waals surface area contributed by atoms with E-state index in [0.717, 1.165) is 64.2 Å². The molecule has 1 unspecified atom stereocenters.